The number of fused-ring (bicyclic) bond motifs is 2. The molecule has 0 saturated heterocycles. The summed E-state index contributed by atoms with van der Waals surface area (Å²) in [6, 6.07) is 19.5. The third kappa shape index (κ3) is 3.19. The molecular formula is C23H20N2O3S. The second-order valence-electron chi connectivity index (χ2n) is 7.19. The van der Waals surface area contributed by atoms with Crippen molar-refractivity contribution in [3.05, 3.63) is 82.0 Å². The number of anilines is 1. The number of rotatable bonds is 3. The molecule has 1 aromatic heterocycles. The Labute approximate surface area is 173 Å². The Kier molecular flexibility index (Phi) is 4.56. The first kappa shape index (κ1) is 17.9. The van der Waals surface area contributed by atoms with Gasteiger partial charge in [0.05, 0.1) is 11.7 Å². The van der Waals surface area contributed by atoms with Crippen LogP contribution in [0.1, 0.15) is 22.0 Å². The summed E-state index contributed by atoms with van der Waals surface area (Å²) in [6.07, 6.45) is 0.843. The molecule has 0 fully saturated rings. The van der Waals surface area contributed by atoms with E-state index in [2.05, 4.69) is 23.6 Å². The van der Waals surface area contributed by atoms with Gasteiger partial charge in [-0.3, -0.25) is 14.5 Å². The van der Waals surface area contributed by atoms with Gasteiger partial charge in [-0.1, -0.05) is 42.5 Å². The fourth-order valence-corrected chi connectivity index (χ4v) is 5.04. The zero-order valence-corrected chi connectivity index (χ0v) is 16.6. The van der Waals surface area contributed by atoms with Crippen LogP contribution in [0.25, 0.3) is 0 Å². The highest BCUT2D eigenvalue weighted by Crippen LogP contribution is 2.38. The molecule has 3 aromatic rings. The van der Waals surface area contributed by atoms with Crippen molar-refractivity contribution in [1.29, 1.82) is 0 Å². The summed E-state index contributed by atoms with van der Waals surface area (Å²) in [6.45, 7) is 0.620. The molecule has 3 heterocycles. The lowest BCUT2D eigenvalue weighted by Gasteiger charge is -2.38. The normalized spacial score (nSPS) is 18.1. The van der Waals surface area contributed by atoms with Crippen LogP contribution in [0.2, 0.25) is 0 Å². The maximum absolute atomic E-state index is 13.4. The Bertz CT molecular complexity index is 1060. The molecule has 0 N–H and O–H groups in total. The van der Waals surface area contributed by atoms with Crippen molar-refractivity contribution in [2.75, 3.05) is 24.6 Å². The summed E-state index contributed by atoms with van der Waals surface area (Å²) in [5.74, 6) is 0.389. The van der Waals surface area contributed by atoms with Crippen molar-refractivity contribution in [3.63, 3.8) is 0 Å². The van der Waals surface area contributed by atoms with Crippen LogP contribution in [0.5, 0.6) is 5.75 Å². The maximum Gasteiger partial charge on any atom is 0.265 e. The van der Waals surface area contributed by atoms with Gasteiger partial charge in [-0.2, -0.15) is 0 Å². The Morgan fingerprint density at radius 2 is 1.86 bits per heavy atom. The summed E-state index contributed by atoms with van der Waals surface area (Å²) >= 11 is 1.75. The van der Waals surface area contributed by atoms with Gasteiger partial charge in [0, 0.05) is 11.4 Å². The summed E-state index contributed by atoms with van der Waals surface area (Å²) in [7, 11) is 0. The Morgan fingerprint density at radius 1 is 1.07 bits per heavy atom. The standard InChI is InChI=1S/C23H20N2O3S/c26-21(14-25-18-8-4-5-9-19(18)28-15-22(25)27)24-12-10-20-17(11-13-29-20)23(24)16-6-2-1-3-7-16/h1-9,11,13,23H,10,12,14-15H2/t23-/m1/s1. The fraction of sp³-hybridized carbons (Fsp3) is 0.217. The zero-order chi connectivity index (χ0) is 19.8. The van der Waals surface area contributed by atoms with E-state index in [0.29, 0.717) is 18.0 Å². The minimum Gasteiger partial charge on any atom is -0.482 e. The minimum atomic E-state index is -0.193. The third-order valence-corrected chi connectivity index (χ3v) is 6.50. The van der Waals surface area contributed by atoms with Gasteiger partial charge in [-0.05, 0) is 41.1 Å². The number of nitrogens with zero attached hydrogens (tertiary/aromatic N) is 2. The van der Waals surface area contributed by atoms with E-state index in [1.54, 1.807) is 16.2 Å². The molecule has 1 atom stereocenters. The largest absolute Gasteiger partial charge is 0.482 e. The maximum atomic E-state index is 13.4. The van der Waals surface area contributed by atoms with Crippen LogP contribution in [0.15, 0.2) is 66.0 Å². The number of carbonyl (C=O) groups is 2. The van der Waals surface area contributed by atoms with Gasteiger partial charge >= 0.3 is 0 Å². The fourth-order valence-electron chi connectivity index (χ4n) is 4.13. The molecule has 0 aliphatic carbocycles. The third-order valence-electron chi connectivity index (χ3n) is 5.50. The van der Waals surface area contributed by atoms with Gasteiger partial charge in [-0.15, -0.1) is 11.3 Å². The van der Waals surface area contributed by atoms with E-state index in [-0.39, 0.29) is 31.0 Å². The molecule has 0 unspecified atom stereocenters. The van der Waals surface area contributed by atoms with Crippen LogP contribution < -0.4 is 9.64 Å². The smallest absolute Gasteiger partial charge is 0.265 e. The van der Waals surface area contributed by atoms with E-state index in [1.807, 2.05) is 47.4 Å². The van der Waals surface area contributed by atoms with Crippen LogP contribution in [0.4, 0.5) is 5.69 Å². The SMILES string of the molecule is O=C1COc2ccccc2N1CC(=O)N1CCc2sccc2[C@H]1c1ccccc1. The molecular weight excluding hydrogens is 384 g/mol. The quantitative estimate of drug-likeness (QED) is 0.670. The van der Waals surface area contributed by atoms with E-state index >= 15 is 0 Å². The lowest BCUT2D eigenvalue weighted by Crippen LogP contribution is -2.49. The predicted molar refractivity (Wildman–Crippen MR) is 112 cm³/mol. The number of benzene rings is 2. The monoisotopic (exact) mass is 404 g/mol. The van der Waals surface area contributed by atoms with Gasteiger partial charge in [0.2, 0.25) is 5.91 Å². The second-order valence-corrected chi connectivity index (χ2v) is 8.19. The van der Waals surface area contributed by atoms with E-state index in [0.717, 1.165) is 12.0 Å². The summed E-state index contributed by atoms with van der Waals surface area (Å²) in [4.78, 5) is 30.7. The summed E-state index contributed by atoms with van der Waals surface area (Å²) in [5, 5.41) is 2.09. The molecule has 5 rings (SSSR count). The number of hydrogen-bond donors (Lipinski definition) is 0. The molecule has 2 aliphatic heterocycles. The van der Waals surface area contributed by atoms with Crippen molar-refractivity contribution in [2.45, 2.75) is 12.5 Å². The average Bonchev–Trinajstić information content (AvgIpc) is 3.24. The van der Waals surface area contributed by atoms with Gasteiger partial charge in [0.25, 0.3) is 5.91 Å². The number of para-hydroxylation sites is 2. The van der Waals surface area contributed by atoms with Gasteiger partial charge in [0.15, 0.2) is 6.61 Å². The molecule has 2 amide bonds. The number of carbonyl (C=O) groups excluding carboxylic acids is 2. The molecule has 5 nitrogen and oxygen atoms in total. The lowest BCUT2D eigenvalue weighted by atomic mass is 9.93. The van der Waals surface area contributed by atoms with Crippen LogP contribution >= 0.6 is 11.3 Å². The van der Waals surface area contributed by atoms with Crippen molar-refractivity contribution in [2.24, 2.45) is 0 Å². The van der Waals surface area contributed by atoms with Crippen molar-refractivity contribution >= 4 is 28.8 Å². The predicted octanol–water partition coefficient (Wildman–Crippen LogP) is 3.65. The summed E-state index contributed by atoms with van der Waals surface area (Å²) < 4.78 is 5.50. The van der Waals surface area contributed by atoms with Gasteiger partial charge in [-0.25, -0.2) is 0 Å². The highest BCUT2D eigenvalue weighted by molar-refractivity contribution is 7.10. The second kappa shape index (κ2) is 7.37. The van der Waals surface area contributed by atoms with Crippen molar-refractivity contribution < 1.29 is 14.3 Å². The van der Waals surface area contributed by atoms with Gasteiger partial charge in [0.1, 0.15) is 12.3 Å². The Morgan fingerprint density at radius 3 is 2.72 bits per heavy atom. The van der Waals surface area contributed by atoms with E-state index in [1.165, 1.54) is 10.4 Å². The molecule has 0 saturated carbocycles. The molecule has 6 heteroatoms. The van der Waals surface area contributed by atoms with Crippen LogP contribution in [0.3, 0.4) is 0 Å². The molecule has 0 bridgehead atoms. The zero-order valence-electron chi connectivity index (χ0n) is 15.8. The number of amides is 2. The first-order valence-corrected chi connectivity index (χ1v) is 10.5. The highest BCUT2D eigenvalue weighted by Gasteiger charge is 2.35. The van der Waals surface area contributed by atoms with Crippen LogP contribution in [-0.2, 0) is 16.0 Å². The lowest BCUT2D eigenvalue weighted by molar-refractivity contribution is -0.133. The molecule has 2 aromatic carbocycles. The van der Waals surface area contributed by atoms with Gasteiger partial charge < -0.3 is 9.64 Å². The van der Waals surface area contributed by atoms with Crippen LogP contribution in [-0.4, -0.2) is 36.4 Å². The minimum absolute atomic E-state index is 0.0159. The summed E-state index contributed by atoms with van der Waals surface area (Å²) in [5.41, 5.74) is 2.94. The average molecular weight is 404 g/mol. The van der Waals surface area contributed by atoms with E-state index in [9.17, 15) is 9.59 Å². The van der Waals surface area contributed by atoms with Crippen molar-refractivity contribution in [3.8, 4) is 5.75 Å². The van der Waals surface area contributed by atoms with Crippen LogP contribution in [0, 0.1) is 0 Å². The highest BCUT2D eigenvalue weighted by atomic mass is 32.1. The first-order chi connectivity index (χ1) is 14.2. The molecule has 0 spiro atoms. The topological polar surface area (TPSA) is 49.9 Å². The molecule has 29 heavy (non-hydrogen) atoms. The number of thiophene rings is 1. The molecule has 146 valence electrons. The first-order valence-electron chi connectivity index (χ1n) is 9.65. The van der Waals surface area contributed by atoms with E-state index < -0.39 is 0 Å². The number of ether oxygens (including phenoxy) is 1. The Balaban J connectivity index is 1.47. The number of hydrogen-bond acceptors (Lipinski definition) is 4. The van der Waals surface area contributed by atoms with Crippen molar-refractivity contribution in [1.82, 2.24) is 4.90 Å². The molecule has 0 radical (unpaired) electrons. The Hall–Kier alpha value is -3.12. The molecule has 2 aliphatic rings. The van der Waals surface area contributed by atoms with E-state index in [4.69, 9.17) is 4.74 Å².